The Bertz CT molecular complexity index is 1060. The van der Waals surface area contributed by atoms with Crippen LogP contribution in [-0.4, -0.2) is 32.2 Å². The molecular weight excluding hydrogens is 404 g/mol. The normalized spacial score (nSPS) is 11.4. The molecule has 0 aliphatic rings. The predicted molar refractivity (Wildman–Crippen MR) is 115 cm³/mol. The summed E-state index contributed by atoms with van der Waals surface area (Å²) in [5.41, 5.74) is 0.975. The minimum Gasteiger partial charge on any atom is -0.351 e. The highest BCUT2D eigenvalue weighted by Gasteiger charge is 2.22. The van der Waals surface area contributed by atoms with Gasteiger partial charge in [-0.15, -0.1) is 0 Å². The number of carbonyl (C=O) groups is 1. The van der Waals surface area contributed by atoms with Crippen LogP contribution in [0.15, 0.2) is 99.6 Å². The molecule has 0 saturated heterocycles. The van der Waals surface area contributed by atoms with Gasteiger partial charge in [0.2, 0.25) is 15.9 Å². The summed E-state index contributed by atoms with van der Waals surface area (Å²) in [5, 5.41) is 2.82. The molecule has 0 fully saturated rings. The zero-order valence-electron chi connectivity index (χ0n) is 16.0. The van der Waals surface area contributed by atoms with E-state index < -0.39 is 10.0 Å². The Labute approximate surface area is 175 Å². The van der Waals surface area contributed by atoms with Crippen molar-refractivity contribution >= 4 is 27.7 Å². The fraction of sp³-hybridized carbons (Fsp3) is 0.136. The fourth-order valence-electron chi connectivity index (χ4n) is 2.67. The van der Waals surface area contributed by atoms with E-state index in [4.69, 9.17) is 0 Å². The lowest BCUT2D eigenvalue weighted by molar-refractivity contribution is -0.121. The molecule has 3 aromatic carbocycles. The minimum atomic E-state index is -3.70. The van der Waals surface area contributed by atoms with Crippen molar-refractivity contribution in [2.75, 3.05) is 13.6 Å². The zero-order chi connectivity index (χ0) is 20.7. The molecule has 0 aliphatic heterocycles. The van der Waals surface area contributed by atoms with Crippen LogP contribution in [0.4, 0.5) is 0 Å². The van der Waals surface area contributed by atoms with Crippen LogP contribution in [0.3, 0.4) is 0 Å². The van der Waals surface area contributed by atoms with Gasteiger partial charge in [0.1, 0.15) is 0 Å². The number of sulfonamides is 1. The predicted octanol–water partition coefficient (Wildman–Crippen LogP) is 3.77. The van der Waals surface area contributed by atoms with E-state index in [2.05, 4.69) is 5.32 Å². The van der Waals surface area contributed by atoms with Gasteiger partial charge >= 0.3 is 0 Å². The quantitative estimate of drug-likeness (QED) is 0.595. The van der Waals surface area contributed by atoms with Crippen molar-refractivity contribution in [2.45, 2.75) is 21.2 Å². The molecule has 0 radical (unpaired) electrons. The maximum Gasteiger partial charge on any atom is 0.243 e. The molecule has 7 heteroatoms. The molecule has 0 aromatic heterocycles. The summed E-state index contributed by atoms with van der Waals surface area (Å²) in [7, 11) is -2.29. The van der Waals surface area contributed by atoms with Gasteiger partial charge in [0.25, 0.3) is 0 Å². The summed E-state index contributed by atoms with van der Waals surface area (Å²) >= 11 is 1.62. The van der Waals surface area contributed by atoms with Gasteiger partial charge in [-0.2, -0.15) is 4.31 Å². The van der Waals surface area contributed by atoms with Gasteiger partial charge in [0.15, 0.2) is 0 Å². The summed E-state index contributed by atoms with van der Waals surface area (Å²) in [6, 6.07) is 25.9. The summed E-state index contributed by atoms with van der Waals surface area (Å²) < 4.78 is 26.1. The Balaban J connectivity index is 1.61. The molecular formula is C22H22N2O3S2. The largest absolute Gasteiger partial charge is 0.351 e. The van der Waals surface area contributed by atoms with E-state index in [-0.39, 0.29) is 17.3 Å². The van der Waals surface area contributed by atoms with E-state index >= 15 is 0 Å². The van der Waals surface area contributed by atoms with Gasteiger partial charge < -0.3 is 5.32 Å². The van der Waals surface area contributed by atoms with Gasteiger partial charge in [-0.3, -0.25) is 4.79 Å². The standard InChI is InChI=1S/C22H22N2O3S2/c1-24(29(26,27)20-13-6-3-7-14-20)17-22(25)23-16-18-10-8-9-15-21(18)28-19-11-4-2-5-12-19/h2-15H,16-17H2,1H3,(H,23,25). The van der Waals surface area contributed by atoms with E-state index in [0.717, 1.165) is 19.7 Å². The van der Waals surface area contributed by atoms with Crippen LogP contribution in [0.1, 0.15) is 5.56 Å². The van der Waals surface area contributed by atoms with Crippen LogP contribution in [0, 0.1) is 0 Å². The highest BCUT2D eigenvalue weighted by molar-refractivity contribution is 7.99. The molecule has 0 spiro atoms. The molecule has 0 saturated carbocycles. The molecule has 5 nitrogen and oxygen atoms in total. The third-order valence-corrected chi connectivity index (χ3v) is 7.18. The lowest BCUT2D eigenvalue weighted by Crippen LogP contribution is -2.38. The van der Waals surface area contributed by atoms with Crippen LogP contribution < -0.4 is 5.32 Å². The molecule has 0 unspecified atom stereocenters. The topological polar surface area (TPSA) is 66.5 Å². The Morgan fingerprint density at radius 3 is 2.17 bits per heavy atom. The van der Waals surface area contributed by atoms with Gasteiger partial charge in [-0.1, -0.05) is 66.4 Å². The lowest BCUT2D eigenvalue weighted by Gasteiger charge is -2.17. The van der Waals surface area contributed by atoms with Gasteiger partial charge in [0, 0.05) is 23.4 Å². The molecule has 0 heterocycles. The van der Waals surface area contributed by atoms with Gasteiger partial charge in [-0.05, 0) is 35.9 Å². The number of rotatable bonds is 8. The summed E-state index contributed by atoms with van der Waals surface area (Å²) in [6.07, 6.45) is 0. The number of amides is 1. The maximum absolute atomic E-state index is 12.5. The first-order chi connectivity index (χ1) is 14.0. The van der Waals surface area contributed by atoms with Crippen molar-refractivity contribution in [3.8, 4) is 0 Å². The second-order valence-corrected chi connectivity index (χ2v) is 9.53. The van der Waals surface area contributed by atoms with E-state index in [1.165, 1.54) is 19.2 Å². The summed E-state index contributed by atoms with van der Waals surface area (Å²) in [6.45, 7) is 0.0826. The van der Waals surface area contributed by atoms with E-state index in [9.17, 15) is 13.2 Å². The number of nitrogens with one attached hydrogen (secondary N) is 1. The number of likely N-dealkylation sites (N-methyl/N-ethyl adjacent to an activating group) is 1. The number of hydrogen-bond donors (Lipinski definition) is 1. The number of benzene rings is 3. The second kappa shape index (κ2) is 9.73. The molecule has 1 N–H and O–H groups in total. The first-order valence-corrected chi connectivity index (χ1v) is 11.3. The molecule has 29 heavy (non-hydrogen) atoms. The monoisotopic (exact) mass is 426 g/mol. The summed E-state index contributed by atoms with van der Waals surface area (Å²) in [4.78, 5) is 14.7. The molecule has 150 valence electrons. The average Bonchev–Trinajstić information content (AvgIpc) is 2.74. The van der Waals surface area contributed by atoms with Crippen molar-refractivity contribution in [3.05, 3.63) is 90.5 Å². The van der Waals surface area contributed by atoms with Crippen molar-refractivity contribution in [1.29, 1.82) is 0 Å². The SMILES string of the molecule is CN(CC(=O)NCc1ccccc1Sc1ccccc1)S(=O)(=O)c1ccccc1. The molecule has 0 bridgehead atoms. The van der Waals surface area contributed by atoms with Crippen molar-refractivity contribution in [2.24, 2.45) is 0 Å². The van der Waals surface area contributed by atoms with Crippen LogP contribution in [0.5, 0.6) is 0 Å². The second-order valence-electron chi connectivity index (χ2n) is 6.37. The average molecular weight is 427 g/mol. The Morgan fingerprint density at radius 1 is 0.897 bits per heavy atom. The lowest BCUT2D eigenvalue weighted by atomic mass is 10.2. The molecule has 0 aliphatic carbocycles. The first-order valence-electron chi connectivity index (χ1n) is 9.06. The Morgan fingerprint density at radius 2 is 1.48 bits per heavy atom. The third-order valence-electron chi connectivity index (χ3n) is 4.24. The summed E-state index contributed by atoms with van der Waals surface area (Å²) in [5.74, 6) is -0.355. The van der Waals surface area contributed by atoms with Crippen LogP contribution >= 0.6 is 11.8 Å². The zero-order valence-corrected chi connectivity index (χ0v) is 17.6. The number of nitrogens with zero attached hydrogens (tertiary/aromatic N) is 1. The maximum atomic E-state index is 12.5. The van der Waals surface area contributed by atoms with E-state index in [1.807, 2.05) is 54.6 Å². The smallest absolute Gasteiger partial charge is 0.243 e. The first kappa shape index (κ1) is 21.1. The van der Waals surface area contributed by atoms with Gasteiger partial charge in [0.05, 0.1) is 11.4 Å². The van der Waals surface area contributed by atoms with E-state index in [0.29, 0.717) is 6.54 Å². The Hall–Kier alpha value is -2.61. The highest BCUT2D eigenvalue weighted by atomic mass is 32.2. The van der Waals surface area contributed by atoms with Crippen molar-refractivity contribution in [1.82, 2.24) is 9.62 Å². The van der Waals surface area contributed by atoms with Crippen molar-refractivity contribution in [3.63, 3.8) is 0 Å². The third kappa shape index (κ3) is 5.69. The molecule has 3 aromatic rings. The van der Waals surface area contributed by atoms with Gasteiger partial charge in [-0.25, -0.2) is 8.42 Å². The van der Waals surface area contributed by atoms with E-state index in [1.54, 1.807) is 30.0 Å². The van der Waals surface area contributed by atoms with Crippen molar-refractivity contribution < 1.29 is 13.2 Å². The molecule has 3 rings (SSSR count). The highest BCUT2D eigenvalue weighted by Crippen LogP contribution is 2.30. The van der Waals surface area contributed by atoms with Crippen LogP contribution in [0.25, 0.3) is 0 Å². The number of carbonyl (C=O) groups excluding carboxylic acids is 1. The Kier molecular flexibility index (Phi) is 7.09. The fourth-order valence-corrected chi connectivity index (χ4v) is 4.79. The number of hydrogen-bond acceptors (Lipinski definition) is 4. The molecule has 0 atom stereocenters. The van der Waals surface area contributed by atoms with Crippen LogP contribution in [0.2, 0.25) is 0 Å². The molecule has 1 amide bonds. The minimum absolute atomic E-state index is 0.167. The van der Waals surface area contributed by atoms with Crippen LogP contribution in [-0.2, 0) is 21.4 Å².